The van der Waals surface area contributed by atoms with E-state index in [1.54, 1.807) is 0 Å². The quantitative estimate of drug-likeness (QED) is 0.398. The maximum atomic E-state index is 5.28. The van der Waals surface area contributed by atoms with Crippen LogP contribution in [0.2, 0.25) is 0 Å². The van der Waals surface area contributed by atoms with Crippen LogP contribution in [0, 0.1) is 0 Å². The Morgan fingerprint density at radius 1 is 1.08 bits per heavy atom. The van der Waals surface area contributed by atoms with E-state index in [0.717, 1.165) is 0 Å². The van der Waals surface area contributed by atoms with Crippen LogP contribution in [0.1, 0.15) is 13.8 Å². The molecule has 13 heavy (non-hydrogen) atoms. The minimum absolute atomic E-state index is 0.438. The zero-order valence-corrected chi connectivity index (χ0v) is 10.1. The highest BCUT2D eigenvalue weighted by atomic mass is 32.1. The van der Waals surface area contributed by atoms with Crippen LogP contribution in [-0.2, 0) is 8.85 Å². The molecule has 72 valence electrons. The summed E-state index contributed by atoms with van der Waals surface area (Å²) in [6.07, 6.45) is 0. The average molecular weight is 234 g/mol. The topological polar surface area (TPSA) is 43.2 Å². The van der Waals surface area contributed by atoms with Crippen LogP contribution < -0.4 is 0 Å². The molecule has 0 aromatic heterocycles. The second-order valence-corrected chi connectivity index (χ2v) is 4.31. The van der Waals surface area contributed by atoms with E-state index in [2.05, 4.69) is 44.1 Å². The first kappa shape index (κ1) is 12.7. The lowest BCUT2D eigenvalue weighted by Gasteiger charge is -2.16. The molecule has 0 amide bonds. The smallest absolute Gasteiger partial charge is 0.359 e. The standard InChI is InChI=1S/C6H10N2O2S2Si/c1-3-9-13(7-5-11,8-6-12)10-4-2/h3-4H2,1-2H3. The summed E-state index contributed by atoms with van der Waals surface area (Å²) < 4.78 is 18.1. The second-order valence-electron chi connectivity index (χ2n) is 1.82. The van der Waals surface area contributed by atoms with Gasteiger partial charge in [-0.1, -0.05) is 0 Å². The van der Waals surface area contributed by atoms with Gasteiger partial charge >= 0.3 is 8.88 Å². The van der Waals surface area contributed by atoms with Gasteiger partial charge in [-0.15, -0.1) is 0 Å². The molecule has 4 nitrogen and oxygen atoms in total. The second kappa shape index (κ2) is 7.17. The summed E-state index contributed by atoms with van der Waals surface area (Å²) in [5.41, 5.74) is 0. The maximum Gasteiger partial charge on any atom is 0.644 e. The highest BCUT2D eigenvalue weighted by Gasteiger charge is 2.40. The molecule has 7 heteroatoms. The Morgan fingerprint density at radius 2 is 1.46 bits per heavy atom. The van der Waals surface area contributed by atoms with Gasteiger partial charge in [0.05, 0.1) is 10.3 Å². The third kappa shape index (κ3) is 4.49. The third-order valence-corrected chi connectivity index (χ3v) is 3.66. The van der Waals surface area contributed by atoms with Crippen LogP contribution in [-0.4, -0.2) is 32.4 Å². The van der Waals surface area contributed by atoms with E-state index in [9.17, 15) is 0 Å². The lowest BCUT2D eigenvalue weighted by Crippen LogP contribution is -2.38. The summed E-state index contributed by atoms with van der Waals surface area (Å²) in [4.78, 5) is 0. The summed E-state index contributed by atoms with van der Waals surface area (Å²) in [5.74, 6) is 0. The summed E-state index contributed by atoms with van der Waals surface area (Å²) in [6, 6.07) is 0. The number of thiocarbonyl (C=S) groups is 2. The Hall–Kier alpha value is -0.263. The van der Waals surface area contributed by atoms with Crippen molar-refractivity contribution in [3.8, 4) is 0 Å². The number of isothiocyanates is 2. The Kier molecular flexibility index (Phi) is 7.03. The van der Waals surface area contributed by atoms with E-state index in [-0.39, 0.29) is 0 Å². The van der Waals surface area contributed by atoms with Crippen molar-refractivity contribution in [2.24, 2.45) is 9.32 Å². The lowest BCUT2D eigenvalue weighted by atomic mass is 10.9. The molecule has 0 aromatic rings. The van der Waals surface area contributed by atoms with E-state index in [1.807, 2.05) is 13.8 Å². The summed E-state index contributed by atoms with van der Waals surface area (Å²) in [5, 5.41) is 4.41. The van der Waals surface area contributed by atoms with Gasteiger partial charge in [-0.05, 0) is 38.3 Å². The molecule has 0 aliphatic heterocycles. The molecule has 0 aliphatic rings. The maximum absolute atomic E-state index is 5.28. The molecule has 0 saturated carbocycles. The van der Waals surface area contributed by atoms with Crippen LogP contribution in [0.25, 0.3) is 0 Å². The van der Waals surface area contributed by atoms with Gasteiger partial charge in [0.15, 0.2) is 0 Å². The van der Waals surface area contributed by atoms with Gasteiger partial charge in [-0.3, -0.25) is 0 Å². The molecule has 0 saturated heterocycles. The third-order valence-electron chi connectivity index (χ3n) is 1.04. The van der Waals surface area contributed by atoms with Crippen molar-refractivity contribution in [3.05, 3.63) is 0 Å². The molecule has 0 unspecified atom stereocenters. The molecule has 0 atom stereocenters. The van der Waals surface area contributed by atoms with Crippen molar-refractivity contribution in [2.45, 2.75) is 13.8 Å². The van der Waals surface area contributed by atoms with Crippen LogP contribution in [0.3, 0.4) is 0 Å². The number of hydrogen-bond acceptors (Lipinski definition) is 6. The number of rotatable bonds is 6. The number of hydrogen-bond donors (Lipinski definition) is 0. The van der Waals surface area contributed by atoms with Crippen molar-refractivity contribution in [1.29, 1.82) is 0 Å². The summed E-state index contributed by atoms with van der Waals surface area (Å²) in [7, 11) is -2.98. The van der Waals surface area contributed by atoms with Gasteiger partial charge in [-0.25, -0.2) is 0 Å². The van der Waals surface area contributed by atoms with Gasteiger partial charge in [-0.2, -0.15) is 9.32 Å². The fourth-order valence-electron chi connectivity index (χ4n) is 0.687. The molecule has 0 bridgehead atoms. The highest BCUT2D eigenvalue weighted by Crippen LogP contribution is 2.09. The fourth-order valence-corrected chi connectivity index (χ4v) is 2.75. The predicted octanol–water partition coefficient (Wildman–Crippen LogP) is 1.70. The molecule has 0 spiro atoms. The lowest BCUT2D eigenvalue weighted by molar-refractivity contribution is 0.186. The first-order valence-electron chi connectivity index (χ1n) is 3.70. The van der Waals surface area contributed by atoms with Crippen molar-refractivity contribution >= 4 is 43.6 Å². The van der Waals surface area contributed by atoms with Gasteiger partial charge in [0.1, 0.15) is 0 Å². The van der Waals surface area contributed by atoms with Gasteiger partial charge < -0.3 is 8.85 Å². The van der Waals surface area contributed by atoms with Crippen LogP contribution >= 0.6 is 24.4 Å². The molecule has 0 heterocycles. The predicted molar refractivity (Wildman–Crippen MR) is 59.1 cm³/mol. The largest absolute Gasteiger partial charge is 0.644 e. The van der Waals surface area contributed by atoms with Gasteiger partial charge in [0, 0.05) is 13.2 Å². The Bertz CT molecular complexity index is 223. The minimum Gasteiger partial charge on any atom is -0.359 e. The van der Waals surface area contributed by atoms with Crippen molar-refractivity contribution in [1.82, 2.24) is 0 Å². The van der Waals surface area contributed by atoms with Crippen molar-refractivity contribution < 1.29 is 8.85 Å². The first-order chi connectivity index (χ1) is 6.24. The van der Waals surface area contributed by atoms with Gasteiger partial charge in [0.25, 0.3) is 0 Å². The summed E-state index contributed by atoms with van der Waals surface area (Å²) >= 11 is 8.96. The molecule has 0 radical (unpaired) electrons. The van der Waals surface area contributed by atoms with E-state index >= 15 is 0 Å². The molecule has 0 N–H and O–H groups in total. The molecule has 0 fully saturated rings. The van der Waals surface area contributed by atoms with Gasteiger partial charge in [0.2, 0.25) is 0 Å². The van der Waals surface area contributed by atoms with Crippen molar-refractivity contribution in [3.63, 3.8) is 0 Å². The Morgan fingerprint density at radius 3 is 1.69 bits per heavy atom. The average Bonchev–Trinajstić information content (AvgIpc) is 2.06. The molecule has 0 aromatic carbocycles. The molecule has 0 aliphatic carbocycles. The van der Waals surface area contributed by atoms with E-state index in [1.165, 1.54) is 0 Å². The van der Waals surface area contributed by atoms with Crippen molar-refractivity contribution in [2.75, 3.05) is 13.2 Å². The number of nitrogens with zero attached hydrogens (tertiary/aromatic N) is 2. The van der Waals surface area contributed by atoms with Crippen LogP contribution in [0.15, 0.2) is 9.32 Å². The monoisotopic (exact) mass is 234 g/mol. The van der Waals surface area contributed by atoms with Crippen LogP contribution in [0.5, 0.6) is 0 Å². The minimum atomic E-state index is -2.98. The zero-order valence-electron chi connectivity index (χ0n) is 7.44. The fraction of sp³-hybridized carbons (Fsp3) is 0.667. The van der Waals surface area contributed by atoms with E-state index < -0.39 is 8.88 Å². The first-order valence-corrected chi connectivity index (χ1v) is 6.23. The molecular formula is C6H10N2O2S2Si. The van der Waals surface area contributed by atoms with Crippen LogP contribution in [0.4, 0.5) is 0 Å². The van der Waals surface area contributed by atoms with E-state index in [0.29, 0.717) is 13.2 Å². The Balaban J connectivity index is 4.77. The Labute approximate surface area is 89.1 Å². The molecular weight excluding hydrogens is 224 g/mol. The highest BCUT2D eigenvalue weighted by molar-refractivity contribution is 7.78. The van der Waals surface area contributed by atoms with E-state index in [4.69, 9.17) is 8.85 Å². The summed E-state index contributed by atoms with van der Waals surface area (Å²) in [6.45, 7) is 4.51. The molecule has 0 rings (SSSR count). The normalized spacial score (nSPS) is 10.0. The zero-order chi connectivity index (χ0) is 10.2. The SMILES string of the molecule is CCO[Si](N=C=S)(N=C=S)OCC.